The minimum absolute atomic E-state index is 0.0498. The van der Waals surface area contributed by atoms with Crippen molar-refractivity contribution in [3.8, 4) is 0 Å². The van der Waals surface area contributed by atoms with Crippen LogP contribution in [0.15, 0.2) is 16.6 Å². The third-order valence-corrected chi connectivity index (χ3v) is 3.48. The highest BCUT2D eigenvalue weighted by Gasteiger charge is 2.22. The van der Waals surface area contributed by atoms with Crippen molar-refractivity contribution in [1.82, 2.24) is 5.32 Å². The van der Waals surface area contributed by atoms with Crippen molar-refractivity contribution in [2.24, 2.45) is 11.8 Å². The first kappa shape index (κ1) is 17.4. The number of amides is 2. The summed E-state index contributed by atoms with van der Waals surface area (Å²) >= 11 is 2.94. The summed E-state index contributed by atoms with van der Waals surface area (Å²) in [6, 6.07) is 0.870. The highest BCUT2D eigenvalue weighted by molar-refractivity contribution is 9.10. The number of anilines is 1. The standard InChI is InChI=1S/C13H15BrF2N2O3/c1-6(2)8(12(19)20)5-17-13(21)18-11-9(14)3-7(15)4-10(11)16/h3-4,6,8H,5H2,1-2H3,(H,19,20)(H2,17,18,21). The van der Waals surface area contributed by atoms with Crippen LogP contribution in [-0.4, -0.2) is 23.7 Å². The molecule has 116 valence electrons. The maximum absolute atomic E-state index is 13.5. The lowest BCUT2D eigenvalue weighted by Crippen LogP contribution is -2.38. The molecule has 8 heteroatoms. The third kappa shape index (κ3) is 4.96. The quantitative estimate of drug-likeness (QED) is 0.750. The van der Waals surface area contributed by atoms with Crippen LogP contribution in [0, 0.1) is 23.5 Å². The highest BCUT2D eigenvalue weighted by Crippen LogP contribution is 2.26. The van der Waals surface area contributed by atoms with Gasteiger partial charge in [0.25, 0.3) is 0 Å². The first-order valence-corrected chi connectivity index (χ1v) is 6.94. The molecule has 1 aromatic carbocycles. The molecular formula is C13H15BrF2N2O3. The van der Waals surface area contributed by atoms with Gasteiger partial charge in [-0.1, -0.05) is 13.8 Å². The molecular weight excluding hydrogens is 350 g/mol. The molecule has 0 spiro atoms. The number of urea groups is 1. The van der Waals surface area contributed by atoms with Crippen LogP contribution < -0.4 is 10.6 Å². The van der Waals surface area contributed by atoms with E-state index in [1.54, 1.807) is 13.8 Å². The maximum atomic E-state index is 13.5. The molecule has 0 saturated carbocycles. The lowest BCUT2D eigenvalue weighted by atomic mass is 9.96. The molecule has 0 heterocycles. The number of carbonyl (C=O) groups is 2. The van der Waals surface area contributed by atoms with Crippen molar-refractivity contribution >= 4 is 33.6 Å². The van der Waals surface area contributed by atoms with Crippen LogP contribution in [0.3, 0.4) is 0 Å². The zero-order chi connectivity index (χ0) is 16.2. The molecule has 2 amide bonds. The minimum Gasteiger partial charge on any atom is -0.481 e. The average Bonchev–Trinajstić information content (AvgIpc) is 2.33. The SMILES string of the molecule is CC(C)C(CNC(=O)Nc1c(F)cc(F)cc1Br)C(=O)O. The van der Waals surface area contributed by atoms with Gasteiger partial charge < -0.3 is 15.7 Å². The smallest absolute Gasteiger partial charge is 0.319 e. The molecule has 0 saturated heterocycles. The fraction of sp³-hybridized carbons (Fsp3) is 0.385. The van der Waals surface area contributed by atoms with E-state index >= 15 is 0 Å². The van der Waals surface area contributed by atoms with Gasteiger partial charge >= 0.3 is 12.0 Å². The van der Waals surface area contributed by atoms with E-state index in [1.165, 1.54) is 0 Å². The normalized spacial score (nSPS) is 12.1. The Kier molecular flexibility index (Phi) is 6.07. The zero-order valence-corrected chi connectivity index (χ0v) is 13.0. The van der Waals surface area contributed by atoms with Crippen LogP contribution in [0.5, 0.6) is 0 Å². The summed E-state index contributed by atoms with van der Waals surface area (Å²) in [5, 5.41) is 13.5. The van der Waals surface area contributed by atoms with Gasteiger partial charge in [0, 0.05) is 17.1 Å². The maximum Gasteiger partial charge on any atom is 0.319 e. The molecule has 0 aliphatic rings. The van der Waals surface area contributed by atoms with Crippen LogP contribution in [0.2, 0.25) is 0 Å². The van der Waals surface area contributed by atoms with Crippen molar-refractivity contribution in [3.05, 3.63) is 28.2 Å². The average molecular weight is 365 g/mol. The van der Waals surface area contributed by atoms with Crippen LogP contribution in [0.1, 0.15) is 13.8 Å². The molecule has 1 aromatic rings. The van der Waals surface area contributed by atoms with Gasteiger partial charge in [-0.25, -0.2) is 13.6 Å². The van der Waals surface area contributed by atoms with Gasteiger partial charge in [0.15, 0.2) is 5.82 Å². The van der Waals surface area contributed by atoms with Crippen molar-refractivity contribution in [3.63, 3.8) is 0 Å². The Balaban J connectivity index is 2.69. The molecule has 1 rings (SSSR count). The summed E-state index contributed by atoms with van der Waals surface area (Å²) in [4.78, 5) is 22.6. The van der Waals surface area contributed by atoms with E-state index in [0.717, 1.165) is 6.07 Å². The summed E-state index contributed by atoms with van der Waals surface area (Å²) in [7, 11) is 0. The molecule has 21 heavy (non-hydrogen) atoms. The molecule has 1 unspecified atom stereocenters. The molecule has 5 nitrogen and oxygen atoms in total. The van der Waals surface area contributed by atoms with Gasteiger partial charge in [0.1, 0.15) is 5.82 Å². The van der Waals surface area contributed by atoms with E-state index in [0.29, 0.717) is 6.07 Å². The number of hydrogen-bond acceptors (Lipinski definition) is 2. The first-order valence-electron chi connectivity index (χ1n) is 6.14. The largest absolute Gasteiger partial charge is 0.481 e. The van der Waals surface area contributed by atoms with E-state index in [2.05, 4.69) is 26.6 Å². The summed E-state index contributed by atoms with van der Waals surface area (Å²) in [6.45, 7) is 3.34. The van der Waals surface area contributed by atoms with Gasteiger partial charge in [0.05, 0.1) is 11.6 Å². The predicted molar refractivity (Wildman–Crippen MR) is 77.0 cm³/mol. The number of nitrogens with one attached hydrogen (secondary N) is 2. The Bertz CT molecular complexity index is 529. The van der Waals surface area contributed by atoms with Gasteiger partial charge in [-0.05, 0) is 27.9 Å². The van der Waals surface area contributed by atoms with Crippen molar-refractivity contribution < 1.29 is 23.5 Å². The second kappa shape index (κ2) is 7.35. The second-order valence-electron chi connectivity index (χ2n) is 4.77. The summed E-state index contributed by atoms with van der Waals surface area (Å²) < 4.78 is 26.5. The molecule has 0 bridgehead atoms. The van der Waals surface area contributed by atoms with Crippen LogP contribution >= 0.6 is 15.9 Å². The monoisotopic (exact) mass is 364 g/mol. The number of hydrogen-bond donors (Lipinski definition) is 3. The Hall–Kier alpha value is -1.70. The molecule has 0 fully saturated rings. The van der Waals surface area contributed by atoms with Crippen LogP contribution in [-0.2, 0) is 4.79 Å². The van der Waals surface area contributed by atoms with Gasteiger partial charge in [-0.15, -0.1) is 0 Å². The molecule has 0 aliphatic heterocycles. The van der Waals surface area contributed by atoms with Crippen molar-refractivity contribution in [2.45, 2.75) is 13.8 Å². The molecule has 0 radical (unpaired) electrons. The van der Waals surface area contributed by atoms with E-state index in [1.807, 2.05) is 0 Å². The molecule has 3 N–H and O–H groups in total. The Morgan fingerprint density at radius 2 is 1.95 bits per heavy atom. The van der Waals surface area contributed by atoms with Crippen LogP contribution in [0.4, 0.5) is 19.3 Å². The third-order valence-electron chi connectivity index (χ3n) is 2.85. The lowest BCUT2D eigenvalue weighted by Gasteiger charge is -2.17. The molecule has 0 aliphatic carbocycles. The lowest BCUT2D eigenvalue weighted by molar-refractivity contribution is -0.142. The number of carbonyl (C=O) groups excluding carboxylic acids is 1. The van der Waals surface area contributed by atoms with E-state index < -0.39 is 29.6 Å². The fourth-order valence-corrected chi connectivity index (χ4v) is 2.14. The molecule has 0 aromatic heterocycles. The Morgan fingerprint density at radius 1 is 1.33 bits per heavy atom. The van der Waals surface area contributed by atoms with Gasteiger partial charge in [0.2, 0.25) is 0 Å². The second-order valence-corrected chi connectivity index (χ2v) is 5.62. The van der Waals surface area contributed by atoms with E-state index in [4.69, 9.17) is 5.11 Å². The summed E-state index contributed by atoms with van der Waals surface area (Å²) in [5.41, 5.74) is -0.217. The number of carboxylic acid groups (broad SMARTS) is 1. The number of halogens is 3. The van der Waals surface area contributed by atoms with E-state index in [9.17, 15) is 18.4 Å². The topological polar surface area (TPSA) is 78.4 Å². The zero-order valence-electron chi connectivity index (χ0n) is 11.4. The fourth-order valence-electron chi connectivity index (χ4n) is 1.63. The van der Waals surface area contributed by atoms with Crippen LogP contribution in [0.25, 0.3) is 0 Å². The molecule has 1 atom stereocenters. The Morgan fingerprint density at radius 3 is 2.43 bits per heavy atom. The van der Waals surface area contributed by atoms with Crippen molar-refractivity contribution in [2.75, 3.05) is 11.9 Å². The van der Waals surface area contributed by atoms with Crippen molar-refractivity contribution in [1.29, 1.82) is 0 Å². The van der Waals surface area contributed by atoms with E-state index in [-0.39, 0.29) is 22.6 Å². The number of carboxylic acids is 1. The summed E-state index contributed by atoms with van der Waals surface area (Å²) in [6.07, 6.45) is 0. The summed E-state index contributed by atoms with van der Waals surface area (Å²) in [5.74, 6) is -3.67. The number of aliphatic carboxylic acids is 1. The number of rotatable bonds is 5. The van der Waals surface area contributed by atoms with Gasteiger partial charge in [-0.2, -0.15) is 0 Å². The Labute approximate surface area is 128 Å². The first-order chi connectivity index (χ1) is 9.72. The minimum atomic E-state index is -1.03. The number of benzene rings is 1. The van der Waals surface area contributed by atoms with Gasteiger partial charge in [-0.3, -0.25) is 4.79 Å². The highest BCUT2D eigenvalue weighted by atomic mass is 79.9. The predicted octanol–water partition coefficient (Wildman–Crippen LogP) is 3.21.